The predicted octanol–water partition coefficient (Wildman–Crippen LogP) is 12.8. The number of carbonyl (C=O) groups is 1. The molecule has 3 aromatic carbocycles. The predicted molar refractivity (Wildman–Crippen MR) is 212 cm³/mol. The van der Waals surface area contributed by atoms with Crippen LogP contribution in [0.1, 0.15) is 152 Å². The van der Waals surface area contributed by atoms with Gasteiger partial charge in [-0.05, 0) is 118 Å². The first kappa shape index (κ1) is 46.4. The quantitative estimate of drug-likeness (QED) is 0.176. The van der Waals surface area contributed by atoms with Crippen LogP contribution in [0.2, 0.25) is 0 Å². The molecule has 0 aliphatic rings. The summed E-state index contributed by atoms with van der Waals surface area (Å²) in [6.45, 7) is 22.5. The van der Waals surface area contributed by atoms with E-state index in [1.165, 1.54) is 84.2 Å². The minimum Gasteiger partial charge on any atom is -0.295 e. The number of rotatable bonds is 12. The molecular weight excluding hydrogens is 642 g/mol. The van der Waals surface area contributed by atoms with E-state index in [1.54, 1.807) is 20.8 Å². The van der Waals surface area contributed by atoms with Crippen LogP contribution in [0.25, 0.3) is 5.57 Å². The van der Waals surface area contributed by atoms with E-state index in [0.717, 1.165) is 42.6 Å². The van der Waals surface area contributed by atoms with E-state index in [1.807, 2.05) is 36.4 Å². The number of sulfone groups is 1. The summed E-state index contributed by atoms with van der Waals surface area (Å²) in [6, 6.07) is 21.4. The van der Waals surface area contributed by atoms with Crippen LogP contribution in [0.3, 0.4) is 0 Å². The molecular formula is C44H64FNO3S. The second-order valence-electron chi connectivity index (χ2n) is 13.6. The van der Waals surface area contributed by atoms with Crippen LogP contribution in [0.15, 0.2) is 77.2 Å². The summed E-state index contributed by atoms with van der Waals surface area (Å²) in [6.07, 6.45) is 11.0. The molecule has 0 heterocycles. The lowest BCUT2D eigenvalue weighted by Crippen LogP contribution is -2.08. The highest BCUT2D eigenvalue weighted by molar-refractivity contribution is 7.90. The van der Waals surface area contributed by atoms with Gasteiger partial charge in [0.1, 0.15) is 5.67 Å². The molecule has 0 amide bonds. The van der Waals surface area contributed by atoms with Crippen LogP contribution in [-0.4, -0.2) is 20.5 Å². The number of nitrogens with zero attached hydrogens (tertiary/aromatic N) is 1. The van der Waals surface area contributed by atoms with Gasteiger partial charge in [0.25, 0.3) is 0 Å². The molecule has 0 atom stereocenters. The van der Waals surface area contributed by atoms with Gasteiger partial charge in [0.05, 0.1) is 16.5 Å². The number of aryl methyl sites for hydroxylation is 2. The third kappa shape index (κ3) is 17.9. The highest BCUT2D eigenvalue weighted by Gasteiger charge is 2.17. The van der Waals surface area contributed by atoms with E-state index in [-0.39, 0.29) is 10.7 Å². The highest BCUT2D eigenvalue weighted by Crippen LogP contribution is 2.28. The number of benzene rings is 3. The first-order valence-corrected chi connectivity index (χ1v) is 20.1. The molecule has 0 aromatic heterocycles. The lowest BCUT2D eigenvalue weighted by Gasteiger charge is -2.14. The van der Waals surface area contributed by atoms with Gasteiger partial charge in [0, 0.05) is 11.8 Å². The van der Waals surface area contributed by atoms with E-state index in [4.69, 9.17) is 5.26 Å². The highest BCUT2D eigenvalue weighted by atomic mass is 32.2. The number of hydrogen-bond acceptors (Lipinski definition) is 4. The second kappa shape index (κ2) is 23.8. The van der Waals surface area contributed by atoms with Gasteiger partial charge in [-0.15, -0.1) is 0 Å². The molecule has 0 fully saturated rings. The van der Waals surface area contributed by atoms with Crippen LogP contribution >= 0.6 is 0 Å². The Morgan fingerprint density at radius 1 is 0.860 bits per heavy atom. The minimum atomic E-state index is -3.14. The first-order chi connectivity index (χ1) is 23.4. The van der Waals surface area contributed by atoms with Gasteiger partial charge in [0.15, 0.2) is 15.6 Å². The molecule has 3 rings (SSSR count). The molecule has 0 saturated carbocycles. The molecule has 0 aliphatic heterocycles. The molecule has 276 valence electrons. The fraction of sp³-hybridized carbons (Fsp3) is 0.500. The van der Waals surface area contributed by atoms with Crippen molar-refractivity contribution in [2.75, 3.05) is 6.26 Å². The van der Waals surface area contributed by atoms with Crippen molar-refractivity contribution in [2.45, 2.75) is 138 Å². The van der Waals surface area contributed by atoms with Gasteiger partial charge < -0.3 is 0 Å². The van der Waals surface area contributed by atoms with E-state index >= 15 is 0 Å². The number of hydrogen-bond donors (Lipinski definition) is 0. The van der Waals surface area contributed by atoms with E-state index in [9.17, 15) is 17.6 Å². The van der Waals surface area contributed by atoms with Crippen LogP contribution in [-0.2, 0) is 21.9 Å². The summed E-state index contributed by atoms with van der Waals surface area (Å²) < 4.78 is 35.3. The van der Waals surface area contributed by atoms with Crippen molar-refractivity contribution in [3.63, 3.8) is 0 Å². The van der Waals surface area contributed by atoms with Crippen LogP contribution < -0.4 is 0 Å². The summed E-state index contributed by atoms with van der Waals surface area (Å²) in [5.74, 6) is 1.10. The summed E-state index contributed by atoms with van der Waals surface area (Å²) in [5, 5.41) is 8.43. The molecule has 6 heteroatoms. The maximum absolute atomic E-state index is 13.4. The zero-order valence-electron chi connectivity index (χ0n) is 33.0. The third-order valence-corrected chi connectivity index (χ3v) is 9.61. The van der Waals surface area contributed by atoms with Crippen molar-refractivity contribution >= 4 is 21.2 Å². The van der Waals surface area contributed by atoms with Crippen molar-refractivity contribution in [3.8, 4) is 6.07 Å². The lowest BCUT2D eigenvalue weighted by atomic mass is 9.91. The maximum atomic E-state index is 13.4. The van der Waals surface area contributed by atoms with Gasteiger partial charge in [-0.2, -0.15) is 5.26 Å². The maximum Gasteiger partial charge on any atom is 0.175 e. The number of ketones is 1. The molecule has 0 saturated heterocycles. The largest absolute Gasteiger partial charge is 0.295 e. The number of allylic oxidation sites excluding steroid dienone is 2. The van der Waals surface area contributed by atoms with Crippen molar-refractivity contribution < 1.29 is 17.6 Å². The molecule has 4 nitrogen and oxygen atoms in total. The van der Waals surface area contributed by atoms with Gasteiger partial charge in [-0.3, -0.25) is 4.79 Å². The SMILES string of the molecule is CCC/C(C)=C(\CC)c1cc(C(C)=O)ccc1C.CCCC(C)CCC.CCc1ccc(C(C)(C)F)cc1.CS(=O)(=O)c1ccc(C#N)cc1. The lowest BCUT2D eigenvalue weighted by molar-refractivity contribution is 0.101. The summed E-state index contributed by atoms with van der Waals surface area (Å²) >= 11 is 0. The molecule has 0 aliphatic carbocycles. The minimum absolute atomic E-state index is 0.139. The Morgan fingerprint density at radius 3 is 1.78 bits per heavy atom. The Hall–Kier alpha value is -3.56. The zero-order chi connectivity index (χ0) is 38.5. The molecule has 50 heavy (non-hydrogen) atoms. The molecule has 0 bridgehead atoms. The van der Waals surface area contributed by atoms with E-state index < -0.39 is 15.5 Å². The standard InChI is InChI=1S/C17H24O.C11H15F.C8H7NO2S.C8H18/c1-6-8-12(3)16(7-2)17-11-15(14(5)18)10-9-13(17)4;1-4-9-5-7-10(8-6-9)11(2,3)12;1-12(10,11)8-4-2-7(6-9)3-5-8;1-4-6-8(3)7-5-2/h9-11H,6-8H2,1-5H3;5-8H,4H2,1-3H3;2-5H,1H3;8H,4-7H2,1-3H3/b16-12+;;;. The smallest absolute Gasteiger partial charge is 0.175 e. The average molecular weight is 706 g/mol. The van der Waals surface area contributed by atoms with Crippen molar-refractivity contribution in [1.29, 1.82) is 5.26 Å². The molecule has 3 aromatic rings. The molecule has 0 N–H and O–H groups in total. The summed E-state index contributed by atoms with van der Waals surface area (Å²) in [7, 11) is -3.14. The molecule has 0 unspecified atom stereocenters. The summed E-state index contributed by atoms with van der Waals surface area (Å²) in [4.78, 5) is 11.7. The first-order valence-electron chi connectivity index (χ1n) is 18.2. The van der Waals surface area contributed by atoms with Crippen molar-refractivity contribution in [1.82, 2.24) is 0 Å². The van der Waals surface area contributed by atoms with Crippen LogP contribution in [0.5, 0.6) is 0 Å². The number of carbonyl (C=O) groups excluding carboxylic acids is 1. The van der Waals surface area contributed by atoms with E-state index in [0.29, 0.717) is 5.56 Å². The Morgan fingerprint density at radius 2 is 1.40 bits per heavy atom. The van der Waals surface area contributed by atoms with Crippen LogP contribution in [0, 0.1) is 24.2 Å². The topological polar surface area (TPSA) is 75.0 Å². The molecule has 0 spiro atoms. The fourth-order valence-corrected chi connectivity index (χ4v) is 6.09. The Labute approximate surface area is 305 Å². The van der Waals surface area contributed by atoms with E-state index in [2.05, 4.69) is 67.5 Å². The second-order valence-corrected chi connectivity index (χ2v) is 15.6. The Kier molecular flexibility index (Phi) is 22.1. The van der Waals surface area contributed by atoms with Crippen molar-refractivity contribution in [3.05, 3.63) is 106 Å². The number of halogens is 1. The van der Waals surface area contributed by atoms with Crippen LogP contribution in [0.4, 0.5) is 4.39 Å². The third-order valence-electron chi connectivity index (χ3n) is 8.49. The number of Topliss-reactive ketones (excluding diaryl/α,β-unsaturated/α-hetero) is 1. The Balaban J connectivity index is 0.000000667. The van der Waals surface area contributed by atoms with Gasteiger partial charge in [-0.25, -0.2) is 12.8 Å². The average Bonchev–Trinajstić information content (AvgIpc) is 3.06. The van der Waals surface area contributed by atoms with Gasteiger partial charge in [-0.1, -0.05) is 116 Å². The summed E-state index contributed by atoms with van der Waals surface area (Å²) in [5.41, 5.74) is 7.41. The fourth-order valence-electron chi connectivity index (χ4n) is 5.46. The normalized spacial score (nSPS) is 11.5. The van der Waals surface area contributed by atoms with Gasteiger partial charge in [0.2, 0.25) is 0 Å². The number of alkyl halides is 1. The number of nitriles is 1. The Bertz CT molecular complexity index is 1600. The monoisotopic (exact) mass is 705 g/mol. The molecule has 0 radical (unpaired) electrons. The van der Waals surface area contributed by atoms with Crippen molar-refractivity contribution in [2.24, 2.45) is 5.92 Å². The zero-order valence-corrected chi connectivity index (χ0v) is 33.9. The van der Waals surface area contributed by atoms with Gasteiger partial charge >= 0.3 is 0 Å².